The second kappa shape index (κ2) is 3.92. The lowest BCUT2D eigenvalue weighted by atomic mass is 10.0. The van der Waals surface area contributed by atoms with Gasteiger partial charge in [-0.25, -0.2) is 0 Å². The number of aromatic hydroxyl groups is 1. The molecule has 0 aliphatic heterocycles. The number of benzene rings is 1. The van der Waals surface area contributed by atoms with Crippen LogP contribution >= 0.6 is 0 Å². The first-order chi connectivity index (χ1) is 6.13. The van der Waals surface area contributed by atoms with E-state index >= 15 is 0 Å². The zero-order valence-corrected chi connectivity index (χ0v) is 7.49. The molecule has 0 saturated carbocycles. The Bertz CT molecular complexity index is 339. The topological polar surface area (TPSA) is 70.0 Å². The molecule has 0 saturated heterocycles. The lowest BCUT2D eigenvalue weighted by Crippen LogP contribution is -2.18. The van der Waals surface area contributed by atoms with Crippen molar-refractivity contribution in [3.8, 4) is 11.8 Å². The molecular weight excluding hydrogens is 164 g/mol. The second-order valence-corrected chi connectivity index (χ2v) is 3.13. The highest BCUT2D eigenvalue weighted by molar-refractivity contribution is 5.43. The molecule has 1 aromatic carbocycles. The summed E-state index contributed by atoms with van der Waals surface area (Å²) in [5.41, 5.74) is 7.00. The van der Waals surface area contributed by atoms with E-state index in [1.807, 2.05) is 13.0 Å². The molecule has 0 aliphatic carbocycles. The lowest BCUT2D eigenvalue weighted by molar-refractivity contribution is 0.474. The molecule has 1 rings (SSSR count). The number of nitrogens with two attached hydrogens (primary N) is 1. The maximum atomic E-state index is 9.12. The number of hydrogen-bond donors (Lipinski definition) is 2. The minimum Gasteiger partial charge on any atom is -0.508 e. The van der Waals surface area contributed by atoms with Gasteiger partial charge in [0.1, 0.15) is 5.75 Å². The Labute approximate surface area is 77.4 Å². The summed E-state index contributed by atoms with van der Waals surface area (Å²) in [6.45, 7) is 1.88. The molecule has 0 aromatic heterocycles. The molecule has 0 unspecified atom stereocenters. The van der Waals surface area contributed by atoms with Gasteiger partial charge in [0.05, 0.1) is 11.6 Å². The summed E-state index contributed by atoms with van der Waals surface area (Å²) < 4.78 is 0. The normalized spacial score (nSPS) is 12.1. The Balaban J connectivity index is 3.01. The molecule has 13 heavy (non-hydrogen) atoms. The standard InChI is InChI=1S/C10H12N2O/c1-7(12)4-8-2-3-10(13)5-9(8)6-11/h2-3,5,7,13H,4,12H2,1H3/t7-/m0/s1. The number of nitriles is 1. The molecule has 3 heteroatoms. The van der Waals surface area contributed by atoms with Gasteiger partial charge in [-0.05, 0) is 31.0 Å². The summed E-state index contributed by atoms with van der Waals surface area (Å²) in [5.74, 6) is 0.116. The van der Waals surface area contributed by atoms with Gasteiger partial charge in [-0.3, -0.25) is 0 Å². The molecule has 1 aromatic rings. The number of nitrogens with zero attached hydrogens (tertiary/aromatic N) is 1. The number of rotatable bonds is 2. The highest BCUT2D eigenvalue weighted by Crippen LogP contribution is 2.16. The van der Waals surface area contributed by atoms with Gasteiger partial charge >= 0.3 is 0 Å². The third kappa shape index (κ3) is 2.46. The van der Waals surface area contributed by atoms with Crippen molar-refractivity contribution in [3.05, 3.63) is 29.3 Å². The fourth-order valence-corrected chi connectivity index (χ4v) is 1.19. The van der Waals surface area contributed by atoms with E-state index < -0.39 is 0 Å². The average Bonchev–Trinajstić information content (AvgIpc) is 2.07. The Morgan fingerprint density at radius 1 is 1.62 bits per heavy atom. The average molecular weight is 176 g/mol. The lowest BCUT2D eigenvalue weighted by Gasteiger charge is -2.06. The largest absolute Gasteiger partial charge is 0.508 e. The van der Waals surface area contributed by atoms with E-state index in [2.05, 4.69) is 0 Å². The minimum absolute atomic E-state index is 0.0247. The fourth-order valence-electron chi connectivity index (χ4n) is 1.19. The third-order valence-electron chi connectivity index (χ3n) is 1.76. The molecule has 0 spiro atoms. The predicted octanol–water partition coefficient (Wildman–Crippen LogP) is 1.15. The van der Waals surface area contributed by atoms with Crippen LogP contribution in [0.2, 0.25) is 0 Å². The van der Waals surface area contributed by atoms with Gasteiger partial charge in [0.2, 0.25) is 0 Å². The van der Waals surface area contributed by atoms with Gasteiger partial charge in [0.15, 0.2) is 0 Å². The van der Waals surface area contributed by atoms with Gasteiger partial charge in [-0.2, -0.15) is 5.26 Å². The van der Waals surface area contributed by atoms with Crippen LogP contribution in [0.3, 0.4) is 0 Å². The van der Waals surface area contributed by atoms with Crippen molar-refractivity contribution in [3.63, 3.8) is 0 Å². The molecule has 68 valence electrons. The molecule has 3 nitrogen and oxygen atoms in total. The summed E-state index contributed by atoms with van der Waals surface area (Å²) >= 11 is 0. The van der Waals surface area contributed by atoms with Crippen LogP contribution in [-0.2, 0) is 6.42 Å². The van der Waals surface area contributed by atoms with Crippen molar-refractivity contribution in [2.24, 2.45) is 5.73 Å². The molecular formula is C10H12N2O. The Hall–Kier alpha value is -1.53. The van der Waals surface area contributed by atoms with E-state index in [1.165, 1.54) is 6.07 Å². The van der Waals surface area contributed by atoms with Gasteiger partial charge in [-0.1, -0.05) is 6.07 Å². The van der Waals surface area contributed by atoms with Gasteiger partial charge in [0, 0.05) is 6.04 Å². The van der Waals surface area contributed by atoms with Crippen molar-refractivity contribution in [1.29, 1.82) is 5.26 Å². The second-order valence-electron chi connectivity index (χ2n) is 3.13. The highest BCUT2D eigenvalue weighted by Gasteiger charge is 2.04. The minimum atomic E-state index is 0.0247. The van der Waals surface area contributed by atoms with Crippen LogP contribution in [0.25, 0.3) is 0 Å². The van der Waals surface area contributed by atoms with Crippen LogP contribution < -0.4 is 5.73 Å². The molecule has 1 atom stereocenters. The van der Waals surface area contributed by atoms with Crippen LogP contribution in [0.5, 0.6) is 5.75 Å². The number of phenolic OH excluding ortho intramolecular Hbond substituents is 1. The predicted molar refractivity (Wildman–Crippen MR) is 50.2 cm³/mol. The van der Waals surface area contributed by atoms with Crippen molar-refractivity contribution in [2.45, 2.75) is 19.4 Å². The molecule has 3 N–H and O–H groups in total. The summed E-state index contributed by atoms with van der Waals surface area (Å²) in [6, 6.07) is 6.81. The monoisotopic (exact) mass is 176 g/mol. The molecule has 0 bridgehead atoms. The summed E-state index contributed by atoms with van der Waals surface area (Å²) in [5, 5.41) is 17.9. The first kappa shape index (κ1) is 9.56. The van der Waals surface area contributed by atoms with Gasteiger partial charge in [0.25, 0.3) is 0 Å². The summed E-state index contributed by atoms with van der Waals surface area (Å²) in [7, 11) is 0. The smallest absolute Gasteiger partial charge is 0.116 e. The number of hydrogen-bond acceptors (Lipinski definition) is 3. The molecule has 0 fully saturated rings. The zero-order valence-electron chi connectivity index (χ0n) is 7.49. The fraction of sp³-hybridized carbons (Fsp3) is 0.300. The van der Waals surface area contributed by atoms with Crippen LogP contribution in [0.15, 0.2) is 18.2 Å². The summed E-state index contributed by atoms with van der Waals surface area (Å²) in [6.07, 6.45) is 0.656. The number of phenols is 1. The van der Waals surface area contributed by atoms with Crippen molar-refractivity contribution >= 4 is 0 Å². The Kier molecular flexibility index (Phi) is 2.88. The van der Waals surface area contributed by atoms with Crippen molar-refractivity contribution < 1.29 is 5.11 Å². The zero-order chi connectivity index (χ0) is 9.84. The van der Waals surface area contributed by atoms with Gasteiger partial charge < -0.3 is 10.8 Å². The van der Waals surface area contributed by atoms with Crippen LogP contribution in [0.4, 0.5) is 0 Å². The van der Waals surface area contributed by atoms with Gasteiger partial charge in [-0.15, -0.1) is 0 Å². The van der Waals surface area contributed by atoms with Crippen LogP contribution in [0, 0.1) is 11.3 Å². The van der Waals surface area contributed by atoms with E-state index in [0.717, 1.165) is 5.56 Å². The molecule has 0 aliphatic rings. The summed E-state index contributed by atoms with van der Waals surface area (Å²) in [4.78, 5) is 0. The van der Waals surface area contributed by atoms with Crippen LogP contribution in [-0.4, -0.2) is 11.1 Å². The maximum absolute atomic E-state index is 9.12. The van der Waals surface area contributed by atoms with E-state index in [1.54, 1.807) is 12.1 Å². The van der Waals surface area contributed by atoms with Crippen molar-refractivity contribution in [2.75, 3.05) is 0 Å². The first-order valence-corrected chi connectivity index (χ1v) is 4.11. The molecule has 0 amide bonds. The SMILES string of the molecule is C[C@H](N)Cc1ccc(O)cc1C#N. The van der Waals surface area contributed by atoms with E-state index in [-0.39, 0.29) is 11.8 Å². The quantitative estimate of drug-likeness (QED) is 0.710. The Morgan fingerprint density at radius 3 is 2.85 bits per heavy atom. The maximum Gasteiger partial charge on any atom is 0.116 e. The van der Waals surface area contributed by atoms with E-state index in [0.29, 0.717) is 12.0 Å². The highest BCUT2D eigenvalue weighted by atomic mass is 16.3. The first-order valence-electron chi connectivity index (χ1n) is 4.11. The van der Waals surface area contributed by atoms with E-state index in [4.69, 9.17) is 16.1 Å². The molecule has 0 radical (unpaired) electrons. The van der Waals surface area contributed by atoms with Crippen LogP contribution in [0.1, 0.15) is 18.1 Å². The van der Waals surface area contributed by atoms with E-state index in [9.17, 15) is 0 Å². The Morgan fingerprint density at radius 2 is 2.31 bits per heavy atom. The third-order valence-corrected chi connectivity index (χ3v) is 1.76. The van der Waals surface area contributed by atoms with Crippen molar-refractivity contribution in [1.82, 2.24) is 0 Å². The molecule has 0 heterocycles.